The minimum atomic E-state index is -1.10. The molecular formula is C22H32O5. The van der Waals surface area contributed by atoms with Crippen LogP contribution in [-0.2, 0) is 19.1 Å². The lowest BCUT2D eigenvalue weighted by molar-refractivity contribution is -0.173. The number of rotatable bonds is 4. The number of aliphatic hydroxyl groups excluding tert-OH is 1. The van der Waals surface area contributed by atoms with Crippen molar-refractivity contribution < 1.29 is 24.2 Å². The fourth-order valence-corrected chi connectivity index (χ4v) is 5.70. The van der Waals surface area contributed by atoms with E-state index in [0.717, 1.165) is 19.3 Å². The van der Waals surface area contributed by atoms with Crippen molar-refractivity contribution in [2.75, 3.05) is 0 Å². The lowest BCUT2D eigenvalue weighted by Crippen LogP contribution is -2.51. The summed E-state index contributed by atoms with van der Waals surface area (Å²) >= 11 is 0. The summed E-state index contributed by atoms with van der Waals surface area (Å²) in [6.07, 6.45) is 6.67. The van der Waals surface area contributed by atoms with Gasteiger partial charge in [0.05, 0.1) is 6.10 Å². The second kappa shape index (κ2) is 7.08. The van der Waals surface area contributed by atoms with Gasteiger partial charge in [-0.05, 0) is 61.7 Å². The molecular weight excluding hydrogens is 344 g/mol. The van der Waals surface area contributed by atoms with Gasteiger partial charge in [-0.25, -0.2) is 4.79 Å². The first-order chi connectivity index (χ1) is 12.6. The summed E-state index contributed by atoms with van der Waals surface area (Å²) in [5.74, 6) is -0.176. The number of hydrogen-bond acceptors (Lipinski definition) is 5. The van der Waals surface area contributed by atoms with Crippen LogP contribution in [0.1, 0.15) is 66.7 Å². The molecule has 0 bridgehead atoms. The Morgan fingerprint density at radius 1 is 1.41 bits per heavy atom. The SMILES string of the molecule is CC(=O)OC1OC(=O)C=C1[C@@H](O)C[C@@]1(C)[C@H](C)CC[C@@]2(C)C(C)=CCC[C@H]12. The van der Waals surface area contributed by atoms with Crippen LogP contribution in [0.4, 0.5) is 0 Å². The fourth-order valence-electron chi connectivity index (χ4n) is 5.70. The number of carbonyl (C=O) groups excluding carboxylic acids is 2. The van der Waals surface area contributed by atoms with Crippen LogP contribution in [0.3, 0.4) is 0 Å². The summed E-state index contributed by atoms with van der Waals surface area (Å²) in [5, 5.41) is 11.0. The monoisotopic (exact) mass is 376 g/mol. The van der Waals surface area contributed by atoms with E-state index >= 15 is 0 Å². The van der Waals surface area contributed by atoms with E-state index in [1.807, 2.05) is 0 Å². The number of fused-ring (bicyclic) bond motifs is 1. The standard InChI is InChI=1S/C22H32O5/c1-13-7-6-8-18-21(13,4)10-9-14(2)22(18,5)12-17(24)16-11-19(25)27-20(16)26-15(3)23/h7,11,14,17-18,20,24H,6,8-10,12H2,1-5H3/t14-,17+,18+,20?,21+,22+/m1/s1. The number of allylic oxidation sites excluding steroid dienone is 2. The molecule has 1 heterocycles. The molecule has 1 fully saturated rings. The first-order valence-corrected chi connectivity index (χ1v) is 10.0. The van der Waals surface area contributed by atoms with Crippen LogP contribution in [-0.4, -0.2) is 29.4 Å². The van der Waals surface area contributed by atoms with E-state index in [4.69, 9.17) is 9.47 Å². The van der Waals surface area contributed by atoms with Gasteiger partial charge in [0.1, 0.15) is 0 Å². The zero-order valence-corrected chi connectivity index (χ0v) is 17.1. The number of ether oxygens (including phenoxy) is 2. The van der Waals surface area contributed by atoms with Crippen LogP contribution >= 0.6 is 0 Å². The zero-order chi connectivity index (χ0) is 20.0. The Morgan fingerprint density at radius 3 is 2.78 bits per heavy atom. The van der Waals surface area contributed by atoms with Crippen LogP contribution in [0.25, 0.3) is 0 Å². The van der Waals surface area contributed by atoms with E-state index in [-0.39, 0.29) is 10.8 Å². The van der Waals surface area contributed by atoms with Gasteiger partial charge in [-0.15, -0.1) is 0 Å². The predicted molar refractivity (Wildman–Crippen MR) is 101 cm³/mol. The second-order valence-corrected chi connectivity index (χ2v) is 9.12. The van der Waals surface area contributed by atoms with Gasteiger partial charge in [-0.1, -0.05) is 32.4 Å². The van der Waals surface area contributed by atoms with Gasteiger partial charge in [0.25, 0.3) is 6.29 Å². The Bertz CT molecular complexity index is 693. The van der Waals surface area contributed by atoms with Gasteiger partial charge in [-0.2, -0.15) is 0 Å². The molecule has 0 aromatic carbocycles. The van der Waals surface area contributed by atoms with Crippen molar-refractivity contribution in [2.45, 2.75) is 79.1 Å². The van der Waals surface area contributed by atoms with Crippen LogP contribution in [0, 0.1) is 22.7 Å². The molecule has 5 nitrogen and oxygen atoms in total. The minimum absolute atomic E-state index is 0.0742. The Kier molecular flexibility index (Phi) is 5.28. The third-order valence-electron chi connectivity index (χ3n) is 7.67. The molecule has 0 amide bonds. The van der Waals surface area contributed by atoms with Gasteiger partial charge in [0.15, 0.2) is 0 Å². The zero-order valence-electron chi connectivity index (χ0n) is 17.1. The lowest BCUT2D eigenvalue weighted by atomic mass is 9.46. The van der Waals surface area contributed by atoms with E-state index < -0.39 is 24.3 Å². The maximum atomic E-state index is 11.7. The van der Waals surface area contributed by atoms with Crippen LogP contribution in [0.2, 0.25) is 0 Å². The summed E-state index contributed by atoms with van der Waals surface area (Å²) in [7, 11) is 0. The Balaban J connectivity index is 1.86. The number of cyclic esters (lactones) is 1. The molecule has 1 saturated carbocycles. The van der Waals surface area contributed by atoms with Crippen molar-refractivity contribution in [3.63, 3.8) is 0 Å². The maximum absolute atomic E-state index is 11.7. The molecule has 5 heteroatoms. The van der Waals surface area contributed by atoms with E-state index in [2.05, 4.69) is 33.8 Å². The van der Waals surface area contributed by atoms with Crippen LogP contribution in [0.15, 0.2) is 23.3 Å². The third kappa shape index (κ3) is 3.46. The summed E-state index contributed by atoms with van der Waals surface area (Å²) in [6, 6.07) is 0. The summed E-state index contributed by atoms with van der Waals surface area (Å²) in [5.41, 5.74) is 1.90. The molecule has 3 aliphatic rings. The normalized spacial score (nSPS) is 39.8. The third-order valence-corrected chi connectivity index (χ3v) is 7.67. The smallest absolute Gasteiger partial charge is 0.334 e. The molecule has 0 aromatic rings. The average molecular weight is 376 g/mol. The minimum Gasteiger partial charge on any atom is -0.421 e. The van der Waals surface area contributed by atoms with Gasteiger partial charge >= 0.3 is 11.9 Å². The molecule has 0 radical (unpaired) electrons. The van der Waals surface area contributed by atoms with Crippen LogP contribution < -0.4 is 0 Å². The van der Waals surface area contributed by atoms with Gasteiger partial charge in [0, 0.05) is 18.6 Å². The molecule has 0 saturated heterocycles. The van der Waals surface area contributed by atoms with E-state index in [1.165, 1.54) is 25.0 Å². The van der Waals surface area contributed by atoms with E-state index in [1.54, 1.807) is 0 Å². The first kappa shape index (κ1) is 20.1. The first-order valence-electron chi connectivity index (χ1n) is 10.0. The predicted octanol–water partition coefficient (Wildman–Crippen LogP) is 3.91. The summed E-state index contributed by atoms with van der Waals surface area (Å²) < 4.78 is 10.1. The van der Waals surface area contributed by atoms with Crippen molar-refractivity contribution in [3.05, 3.63) is 23.3 Å². The number of carbonyl (C=O) groups is 2. The molecule has 2 aliphatic carbocycles. The molecule has 1 aliphatic heterocycles. The number of aliphatic hydroxyl groups is 1. The van der Waals surface area contributed by atoms with E-state index in [9.17, 15) is 14.7 Å². The van der Waals surface area contributed by atoms with Crippen molar-refractivity contribution in [1.82, 2.24) is 0 Å². The summed E-state index contributed by atoms with van der Waals surface area (Å²) in [4.78, 5) is 23.0. The van der Waals surface area contributed by atoms with Crippen molar-refractivity contribution in [1.29, 1.82) is 0 Å². The molecule has 1 N–H and O–H groups in total. The van der Waals surface area contributed by atoms with Gasteiger partial charge < -0.3 is 14.6 Å². The van der Waals surface area contributed by atoms with Crippen LogP contribution in [0.5, 0.6) is 0 Å². The highest BCUT2D eigenvalue weighted by Crippen LogP contribution is 2.62. The molecule has 150 valence electrons. The molecule has 0 spiro atoms. The topological polar surface area (TPSA) is 72.8 Å². The lowest BCUT2D eigenvalue weighted by Gasteiger charge is -2.58. The number of esters is 2. The highest BCUT2D eigenvalue weighted by Gasteiger charge is 2.54. The molecule has 27 heavy (non-hydrogen) atoms. The Morgan fingerprint density at radius 2 is 2.11 bits per heavy atom. The van der Waals surface area contributed by atoms with Gasteiger partial charge in [0.2, 0.25) is 0 Å². The van der Waals surface area contributed by atoms with Gasteiger partial charge in [-0.3, -0.25) is 4.79 Å². The highest BCUT2D eigenvalue weighted by atomic mass is 16.7. The Labute approximate surface area is 161 Å². The highest BCUT2D eigenvalue weighted by molar-refractivity contribution is 5.86. The molecule has 1 unspecified atom stereocenters. The Hall–Kier alpha value is -1.62. The quantitative estimate of drug-likeness (QED) is 0.595. The largest absolute Gasteiger partial charge is 0.421 e. The maximum Gasteiger partial charge on any atom is 0.334 e. The van der Waals surface area contributed by atoms with Crippen molar-refractivity contribution >= 4 is 11.9 Å². The average Bonchev–Trinajstić information content (AvgIpc) is 2.93. The fraction of sp³-hybridized carbons (Fsp3) is 0.727. The number of hydrogen-bond donors (Lipinski definition) is 1. The molecule has 6 atom stereocenters. The van der Waals surface area contributed by atoms with Crippen molar-refractivity contribution in [2.24, 2.45) is 22.7 Å². The second-order valence-electron chi connectivity index (χ2n) is 9.12. The molecule has 3 rings (SSSR count). The summed E-state index contributed by atoms with van der Waals surface area (Å²) in [6.45, 7) is 10.4. The molecule has 0 aromatic heterocycles. The van der Waals surface area contributed by atoms with Crippen molar-refractivity contribution in [3.8, 4) is 0 Å². The van der Waals surface area contributed by atoms with E-state index in [0.29, 0.717) is 23.8 Å².